The number of nitriles is 1. The normalized spacial score (nSPS) is 14.6. The Labute approximate surface area is 178 Å². The molecule has 1 fully saturated rings. The number of hydrogen-bond donors (Lipinski definition) is 0. The minimum atomic E-state index is 0.0211. The van der Waals surface area contributed by atoms with E-state index in [4.69, 9.17) is 21.8 Å². The fraction of sp³-hybridized carbons (Fsp3) is 0.227. The van der Waals surface area contributed by atoms with E-state index < -0.39 is 0 Å². The van der Waals surface area contributed by atoms with E-state index in [0.29, 0.717) is 24.2 Å². The van der Waals surface area contributed by atoms with Crippen LogP contribution < -0.4 is 0 Å². The molecule has 29 heavy (non-hydrogen) atoms. The first kappa shape index (κ1) is 19.6. The number of hydrogen-bond acceptors (Lipinski definition) is 5. The lowest BCUT2D eigenvalue weighted by molar-refractivity contribution is 0.0627. The maximum absolute atomic E-state index is 12.7. The lowest BCUT2D eigenvalue weighted by Crippen LogP contribution is -2.48. The Morgan fingerprint density at radius 2 is 1.76 bits per heavy atom. The van der Waals surface area contributed by atoms with Gasteiger partial charge in [0.2, 0.25) is 0 Å². The van der Waals surface area contributed by atoms with Crippen molar-refractivity contribution >= 4 is 28.8 Å². The van der Waals surface area contributed by atoms with Crippen LogP contribution in [-0.2, 0) is 6.54 Å². The van der Waals surface area contributed by atoms with Gasteiger partial charge in [-0.25, -0.2) is 4.98 Å². The number of carbonyl (C=O) groups is 1. The fourth-order valence-electron chi connectivity index (χ4n) is 3.31. The molecule has 1 aliphatic heterocycles. The third-order valence-electron chi connectivity index (χ3n) is 4.95. The summed E-state index contributed by atoms with van der Waals surface area (Å²) in [6, 6.07) is 16.6. The second-order valence-electron chi connectivity index (χ2n) is 6.91. The number of nitrogens with zero attached hydrogens (tertiary/aromatic N) is 4. The predicted molar refractivity (Wildman–Crippen MR) is 115 cm³/mol. The largest absolute Gasteiger partial charge is 0.336 e. The van der Waals surface area contributed by atoms with Gasteiger partial charge < -0.3 is 4.90 Å². The highest BCUT2D eigenvalue weighted by Crippen LogP contribution is 2.25. The van der Waals surface area contributed by atoms with Gasteiger partial charge >= 0.3 is 0 Å². The molecule has 0 spiro atoms. The van der Waals surface area contributed by atoms with E-state index in [2.05, 4.69) is 16.3 Å². The van der Waals surface area contributed by atoms with Crippen LogP contribution in [0.3, 0.4) is 0 Å². The van der Waals surface area contributed by atoms with Crippen molar-refractivity contribution in [2.45, 2.75) is 6.54 Å². The molecule has 3 aromatic rings. The molecule has 1 aliphatic rings. The van der Waals surface area contributed by atoms with E-state index in [1.807, 2.05) is 29.2 Å². The van der Waals surface area contributed by atoms with Crippen molar-refractivity contribution in [1.29, 1.82) is 5.26 Å². The maximum Gasteiger partial charge on any atom is 0.253 e. The van der Waals surface area contributed by atoms with Crippen LogP contribution in [0.4, 0.5) is 0 Å². The van der Waals surface area contributed by atoms with Gasteiger partial charge in [0.25, 0.3) is 5.91 Å². The van der Waals surface area contributed by atoms with Crippen molar-refractivity contribution in [3.05, 3.63) is 75.8 Å². The highest BCUT2D eigenvalue weighted by molar-refractivity contribution is 7.13. The summed E-state index contributed by atoms with van der Waals surface area (Å²) in [4.78, 5) is 21.6. The van der Waals surface area contributed by atoms with Gasteiger partial charge in [-0.3, -0.25) is 9.69 Å². The average molecular weight is 423 g/mol. The first-order valence-corrected chi connectivity index (χ1v) is 10.6. The Bertz CT molecular complexity index is 1030. The second-order valence-corrected chi connectivity index (χ2v) is 8.20. The van der Waals surface area contributed by atoms with E-state index in [0.717, 1.165) is 40.9 Å². The molecule has 1 saturated heterocycles. The first-order valence-electron chi connectivity index (χ1n) is 9.34. The monoisotopic (exact) mass is 422 g/mol. The molecule has 0 N–H and O–H groups in total. The molecule has 7 heteroatoms. The van der Waals surface area contributed by atoms with Crippen LogP contribution >= 0.6 is 22.9 Å². The second kappa shape index (κ2) is 8.75. The van der Waals surface area contributed by atoms with Crippen LogP contribution in [0.25, 0.3) is 10.6 Å². The molecule has 4 rings (SSSR count). The van der Waals surface area contributed by atoms with Crippen LogP contribution in [0, 0.1) is 11.3 Å². The minimum Gasteiger partial charge on any atom is -0.336 e. The molecule has 0 saturated carbocycles. The van der Waals surface area contributed by atoms with E-state index >= 15 is 0 Å². The Morgan fingerprint density at radius 3 is 2.41 bits per heavy atom. The molecule has 0 unspecified atom stereocenters. The highest BCUT2D eigenvalue weighted by atomic mass is 35.5. The summed E-state index contributed by atoms with van der Waals surface area (Å²) in [6.45, 7) is 3.79. The van der Waals surface area contributed by atoms with Gasteiger partial charge in [0.05, 0.1) is 17.3 Å². The molecule has 1 amide bonds. The molecular formula is C22H19ClN4OS. The van der Waals surface area contributed by atoms with Gasteiger partial charge in [0.15, 0.2) is 0 Å². The van der Waals surface area contributed by atoms with Crippen molar-refractivity contribution in [3.63, 3.8) is 0 Å². The van der Waals surface area contributed by atoms with Gasteiger partial charge in [-0.05, 0) is 36.4 Å². The third-order valence-corrected chi connectivity index (χ3v) is 6.14. The summed E-state index contributed by atoms with van der Waals surface area (Å²) < 4.78 is 0. The predicted octanol–water partition coefficient (Wildman–Crippen LogP) is 4.29. The Morgan fingerprint density at radius 1 is 1.07 bits per heavy atom. The van der Waals surface area contributed by atoms with Crippen LogP contribution in [0.5, 0.6) is 0 Å². The number of carbonyl (C=O) groups excluding carboxylic acids is 1. The number of benzene rings is 2. The molecule has 2 aromatic carbocycles. The number of rotatable bonds is 4. The van der Waals surface area contributed by atoms with E-state index in [1.54, 1.807) is 35.6 Å². The smallest absolute Gasteiger partial charge is 0.253 e. The first-order chi connectivity index (χ1) is 14.1. The van der Waals surface area contributed by atoms with Crippen molar-refractivity contribution in [2.75, 3.05) is 26.2 Å². The van der Waals surface area contributed by atoms with Crippen LogP contribution in [-0.4, -0.2) is 46.9 Å². The third kappa shape index (κ3) is 4.65. The van der Waals surface area contributed by atoms with Gasteiger partial charge in [0, 0.05) is 54.3 Å². The number of piperazine rings is 1. The lowest BCUT2D eigenvalue weighted by Gasteiger charge is -2.34. The average Bonchev–Trinajstić information content (AvgIpc) is 3.23. The zero-order valence-electron chi connectivity index (χ0n) is 15.7. The summed E-state index contributed by atoms with van der Waals surface area (Å²) in [5.41, 5.74) is 3.31. The van der Waals surface area contributed by atoms with Crippen molar-refractivity contribution < 1.29 is 4.79 Å². The minimum absolute atomic E-state index is 0.0211. The SMILES string of the molecule is N#Cc1ccc(C(=O)N2CCN(Cc3csc(-c4ccc(Cl)cc4)n3)CC2)cc1. The van der Waals surface area contributed by atoms with Crippen molar-refractivity contribution in [2.24, 2.45) is 0 Å². The maximum atomic E-state index is 12.7. The van der Waals surface area contributed by atoms with Gasteiger partial charge in [-0.1, -0.05) is 23.7 Å². The lowest BCUT2D eigenvalue weighted by atomic mass is 10.1. The summed E-state index contributed by atoms with van der Waals surface area (Å²) in [6.07, 6.45) is 0. The standard InChI is InChI=1S/C22H19ClN4OS/c23-19-7-5-17(6-8-19)21-25-20(15-29-21)14-26-9-11-27(12-10-26)22(28)18-3-1-16(13-24)2-4-18/h1-8,15H,9-12,14H2. The zero-order chi connectivity index (χ0) is 20.2. The van der Waals surface area contributed by atoms with Gasteiger partial charge in [-0.2, -0.15) is 5.26 Å². The molecule has 0 bridgehead atoms. The van der Waals surface area contributed by atoms with Crippen LogP contribution in [0.2, 0.25) is 5.02 Å². The molecule has 2 heterocycles. The highest BCUT2D eigenvalue weighted by Gasteiger charge is 2.22. The topological polar surface area (TPSA) is 60.2 Å². The van der Waals surface area contributed by atoms with E-state index in [1.165, 1.54) is 0 Å². The van der Waals surface area contributed by atoms with E-state index in [9.17, 15) is 4.79 Å². The van der Waals surface area contributed by atoms with Crippen LogP contribution in [0.1, 0.15) is 21.6 Å². The molecule has 146 valence electrons. The molecule has 0 aliphatic carbocycles. The zero-order valence-corrected chi connectivity index (χ0v) is 17.3. The summed E-state index contributed by atoms with van der Waals surface area (Å²) in [5.74, 6) is 0.0211. The quantitative estimate of drug-likeness (QED) is 0.629. The fourth-order valence-corrected chi connectivity index (χ4v) is 4.26. The number of aromatic nitrogens is 1. The Hall–Kier alpha value is -2.72. The van der Waals surface area contributed by atoms with Gasteiger partial charge in [0.1, 0.15) is 5.01 Å². The van der Waals surface area contributed by atoms with Crippen molar-refractivity contribution in [1.82, 2.24) is 14.8 Å². The molecule has 5 nitrogen and oxygen atoms in total. The Kier molecular flexibility index (Phi) is 5.91. The summed E-state index contributed by atoms with van der Waals surface area (Å²) in [5, 5.41) is 12.7. The number of halogens is 1. The molecule has 0 atom stereocenters. The number of thiazole rings is 1. The van der Waals surface area contributed by atoms with Crippen LogP contribution in [0.15, 0.2) is 53.9 Å². The summed E-state index contributed by atoms with van der Waals surface area (Å²) in [7, 11) is 0. The van der Waals surface area contributed by atoms with Gasteiger partial charge in [-0.15, -0.1) is 11.3 Å². The number of amides is 1. The summed E-state index contributed by atoms with van der Waals surface area (Å²) >= 11 is 7.59. The van der Waals surface area contributed by atoms with E-state index in [-0.39, 0.29) is 5.91 Å². The molecule has 0 radical (unpaired) electrons. The van der Waals surface area contributed by atoms with Crippen molar-refractivity contribution in [3.8, 4) is 16.6 Å². The Balaban J connectivity index is 1.32. The molecular weight excluding hydrogens is 404 g/mol. The molecule has 1 aromatic heterocycles.